The first kappa shape index (κ1) is 18.0. The Kier molecular flexibility index (Phi) is 6.38. The largest absolute Gasteiger partial charge is 0.452 e. The van der Waals surface area contributed by atoms with Crippen molar-refractivity contribution in [3.63, 3.8) is 0 Å². The van der Waals surface area contributed by atoms with Crippen LogP contribution in [-0.2, 0) is 16.0 Å². The normalized spacial score (nSPS) is 11.6. The molecule has 1 N–H and O–H groups in total. The van der Waals surface area contributed by atoms with Crippen molar-refractivity contribution in [1.29, 1.82) is 0 Å². The third kappa shape index (κ3) is 5.10. The minimum Gasteiger partial charge on any atom is -0.452 e. The summed E-state index contributed by atoms with van der Waals surface area (Å²) in [6, 6.07) is 14.2. The average Bonchev–Trinajstić information content (AvgIpc) is 2.60. The van der Waals surface area contributed by atoms with Crippen molar-refractivity contribution < 1.29 is 14.3 Å². The molecule has 2 aromatic carbocycles. The third-order valence-electron chi connectivity index (χ3n) is 3.68. The van der Waals surface area contributed by atoms with E-state index in [1.807, 2.05) is 31.2 Å². The summed E-state index contributed by atoms with van der Waals surface area (Å²) in [5.41, 5.74) is 2.61. The molecule has 0 saturated heterocycles. The topological polar surface area (TPSA) is 55.4 Å². The zero-order valence-corrected chi connectivity index (χ0v) is 14.5. The Balaban J connectivity index is 1.83. The second-order valence-corrected chi connectivity index (χ2v) is 5.90. The van der Waals surface area contributed by atoms with Crippen molar-refractivity contribution in [3.05, 3.63) is 70.2 Å². The van der Waals surface area contributed by atoms with Gasteiger partial charge in [0.2, 0.25) is 0 Å². The minimum atomic E-state index is -0.554. The molecule has 0 aliphatic heterocycles. The molecule has 0 saturated carbocycles. The number of benzene rings is 2. The maximum absolute atomic E-state index is 11.9. The molecule has 5 heteroatoms. The van der Waals surface area contributed by atoms with E-state index in [-0.39, 0.29) is 18.6 Å². The summed E-state index contributed by atoms with van der Waals surface area (Å²) >= 11 is 5.76. The fourth-order valence-corrected chi connectivity index (χ4v) is 2.33. The highest BCUT2D eigenvalue weighted by Gasteiger charge is 2.13. The molecule has 4 nitrogen and oxygen atoms in total. The second-order valence-electron chi connectivity index (χ2n) is 5.47. The molecular weight excluding hydrogens is 326 g/mol. The highest BCUT2D eigenvalue weighted by molar-refractivity contribution is 6.30. The maximum atomic E-state index is 11.9. The van der Waals surface area contributed by atoms with Crippen LogP contribution in [0.1, 0.15) is 41.4 Å². The molecule has 1 atom stereocenters. The number of aryl methyl sites for hydroxylation is 1. The van der Waals surface area contributed by atoms with E-state index in [9.17, 15) is 9.59 Å². The Bertz CT molecular complexity index is 696. The van der Waals surface area contributed by atoms with E-state index in [1.54, 1.807) is 24.3 Å². The number of amides is 1. The highest BCUT2D eigenvalue weighted by atomic mass is 35.5. The van der Waals surface area contributed by atoms with Crippen LogP contribution >= 0.6 is 11.6 Å². The van der Waals surface area contributed by atoms with Crippen LogP contribution in [0.4, 0.5) is 0 Å². The number of carbonyl (C=O) groups is 2. The van der Waals surface area contributed by atoms with Crippen molar-refractivity contribution in [2.75, 3.05) is 6.61 Å². The van der Waals surface area contributed by atoms with Crippen LogP contribution in [0.2, 0.25) is 5.02 Å². The highest BCUT2D eigenvalue weighted by Crippen LogP contribution is 2.14. The van der Waals surface area contributed by atoms with Crippen LogP contribution in [-0.4, -0.2) is 18.5 Å². The molecule has 2 aromatic rings. The predicted molar refractivity (Wildman–Crippen MR) is 94.1 cm³/mol. The van der Waals surface area contributed by atoms with E-state index < -0.39 is 5.97 Å². The van der Waals surface area contributed by atoms with E-state index >= 15 is 0 Å². The first-order chi connectivity index (χ1) is 11.5. The van der Waals surface area contributed by atoms with Gasteiger partial charge in [0.1, 0.15) is 0 Å². The summed E-state index contributed by atoms with van der Waals surface area (Å²) in [6.45, 7) is 3.66. The van der Waals surface area contributed by atoms with Gasteiger partial charge in [-0.15, -0.1) is 0 Å². The summed E-state index contributed by atoms with van der Waals surface area (Å²) in [6.07, 6.45) is 0.974. The molecule has 0 unspecified atom stereocenters. The molecule has 24 heavy (non-hydrogen) atoms. The van der Waals surface area contributed by atoms with Gasteiger partial charge in [0, 0.05) is 5.02 Å². The van der Waals surface area contributed by atoms with Crippen LogP contribution < -0.4 is 5.32 Å². The molecule has 0 aliphatic rings. The van der Waals surface area contributed by atoms with Gasteiger partial charge in [-0.2, -0.15) is 0 Å². The summed E-state index contributed by atoms with van der Waals surface area (Å²) in [5, 5.41) is 3.35. The number of ether oxygens (including phenoxy) is 1. The van der Waals surface area contributed by atoms with Crippen LogP contribution in [0.15, 0.2) is 48.5 Å². The Morgan fingerprint density at radius 3 is 2.29 bits per heavy atom. The Labute approximate surface area is 146 Å². The van der Waals surface area contributed by atoms with Crippen LogP contribution in [0, 0.1) is 0 Å². The van der Waals surface area contributed by atoms with Gasteiger partial charge in [0.05, 0.1) is 11.6 Å². The zero-order valence-electron chi connectivity index (χ0n) is 13.7. The molecule has 0 radical (unpaired) electrons. The third-order valence-corrected chi connectivity index (χ3v) is 3.93. The quantitative estimate of drug-likeness (QED) is 0.807. The lowest BCUT2D eigenvalue weighted by atomic mass is 10.1. The Hall–Kier alpha value is -2.33. The number of carbonyl (C=O) groups excluding carboxylic acids is 2. The summed E-state index contributed by atoms with van der Waals surface area (Å²) in [4.78, 5) is 23.8. The number of rotatable bonds is 6. The van der Waals surface area contributed by atoms with Gasteiger partial charge in [-0.25, -0.2) is 4.79 Å². The zero-order chi connectivity index (χ0) is 17.5. The van der Waals surface area contributed by atoms with E-state index in [0.717, 1.165) is 12.0 Å². The molecule has 0 spiro atoms. The standard InChI is InChI=1S/C19H20ClNO3/c1-3-14-4-6-15(7-5-14)13(2)21-18(22)12-24-19(23)16-8-10-17(20)11-9-16/h4-11,13H,3,12H2,1-2H3,(H,21,22)/t13-/m1/s1. The van der Waals surface area contributed by atoms with Crippen LogP contribution in [0.25, 0.3) is 0 Å². The number of halogens is 1. The lowest BCUT2D eigenvalue weighted by Crippen LogP contribution is -2.31. The van der Waals surface area contributed by atoms with Crippen molar-refractivity contribution in [3.8, 4) is 0 Å². The molecule has 0 heterocycles. The Morgan fingerprint density at radius 1 is 1.08 bits per heavy atom. The monoisotopic (exact) mass is 345 g/mol. The fraction of sp³-hybridized carbons (Fsp3) is 0.263. The SMILES string of the molecule is CCc1ccc([C@@H](C)NC(=O)COC(=O)c2ccc(Cl)cc2)cc1. The molecule has 0 aromatic heterocycles. The van der Waals surface area contributed by atoms with Crippen molar-refractivity contribution in [2.45, 2.75) is 26.3 Å². The van der Waals surface area contributed by atoms with Crippen molar-refractivity contribution in [2.24, 2.45) is 0 Å². The molecule has 0 aliphatic carbocycles. The first-order valence-electron chi connectivity index (χ1n) is 7.80. The molecular formula is C19H20ClNO3. The summed E-state index contributed by atoms with van der Waals surface area (Å²) in [7, 11) is 0. The smallest absolute Gasteiger partial charge is 0.338 e. The predicted octanol–water partition coefficient (Wildman–Crippen LogP) is 3.94. The number of nitrogens with one attached hydrogen (secondary N) is 1. The lowest BCUT2D eigenvalue weighted by Gasteiger charge is -2.15. The average molecular weight is 346 g/mol. The number of hydrogen-bond donors (Lipinski definition) is 1. The van der Waals surface area contributed by atoms with Gasteiger partial charge in [-0.3, -0.25) is 4.79 Å². The van der Waals surface area contributed by atoms with Gasteiger partial charge < -0.3 is 10.1 Å². The second kappa shape index (κ2) is 8.50. The van der Waals surface area contributed by atoms with E-state index in [4.69, 9.17) is 16.3 Å². The molecule has 0 bridgehead atoms. The van der Waals surface area contributed by atoms with Crippen LogP contribution in [0.5, 0.6) is 0 Å². The van der Waals surface area contributed by atoms with Crippen molar-refractivity contribution >= 4 is 23.5 Å². The van der Waals surface area contributed by atoms with Gasteiger partial charge in [0.25, 0.3) is 5.91 Å². The number of hydrogen-bond acceptors (Lipinski definition) is 3. The first-order valence-corrected chi connectivity index (χ1v) is 8.18. The van der Waals surface area contributed by atoms with Gasteiger partial charge in [0.15, 0.2) is 6.61 Å². The Morgan fingerprint density at radius 2 is 1.71 bits per heavy atom. The minimum absolute atomic E-state index is 0.155. The number of esters is 1. The maximum Gasteiger partial charge on any atom is 0.338 e. The molecule has 0 fully saturated rings. The van der Waals surface area contributed by atoms with Gasteiger partial charge >= 0.3 is 5.97 Å². The van der Waals surface area contributed by atoms with Gasteiger partial charge in [-0.1, -0.05) is 42.8 Å². The van der Waals surface area contributed by atoms with Crippen LogP contribution in [0.3, 0.4) is 0 Å². The van der Waals surface area contributed by atoms with Gasteiger partial charge in [-0.05, 0) is 48.7 Å². The van der Waals surface area contributed by atoms with Crippen molar-refractivity contribution in [1.82, 2.24) is 5.32 Å². The van der Waals surface area contributed by atoms with E-state index in [2.05, 4.69) is 12.2 Å². The molecule has 126 valence electrons. The fourth-order valence-electron chi connectivity index (χ4n) is 2.21. The lowest BCUT2D eigenvalue weighted by molar-refractivity contribution is -0.124. The van der Waals surface area contributed by atoms with E-state index in [0.29, 0.717) is 10.6 Å². The summed E-state index contributed by atoms with van der Waals surface area (Å²) in [5.74, 6) is -0.897. The van der Waals surface area contributed by atoms with E-state index in [1.165, 1.54) is 5.56 Å². The molecule has 2 rings (SSSR count). The molecule has 1 amide bonds. The summed E-state index contributed by atoms with van der Waals surface area (Å²) < 4.78 is 5.01.